The molecule has 34 heavy (non-hydrogen) atoms. The molecule has 2 aromatic carbocycles. The smallest absolute Gasteiger partial charge is 0.311 e. The lowest BCUT2D eigenvalue weighted by Gasteiger charge is -2.28. The van der Waals surface area contributed by atoms with Crippen LogP contribution in [0, 0.1) is 5.92 Å². The first-order valence-corrected chi connectivity index (χ1v) is 11.7. The van der Waals surface area contributed by atoms with E-state index in [0.717, 1.165) is 16.9 Å². The Kier molecular flexibility index (Phi) is 8.42. The number of carbonyl (C=O) groups is 2. The van der Waals surface area contributed by atoms with Gasteiger partial charge in [0.2, 0.25) is 5.91 Å². The van der Waals surface area contributed by atoms with E-state index in [1.165, 1.54) is 7.11 Å². The molecule has 3 rings (SSSR count). The first kappa shape index (κ1) is 25.4. The third-order valence-corrected chi connectivity index (χ3v) is 5.76. The van der Waals surface area contributed by atoms with Gasteiger partial charge in [-0.3, -0.25) is 9.59 Å². The molecule has 7 nitrogen and oxygen atoms in total. The van der Waals surface area contributed by atoms with Crippen molar-refractivity contribution >= 4 is 11.9 Å². The molecular weight excluding hydrogens is 434 g/mol. The van der Waals surface area contributed by atoms with Gasteiger partial charge in [0, 0.05) is 13.0 Å². The number of benzene rings is 2. The predicted molar refractivity (Wildman–Crippen MR) is 129 cm³/mol. The van der Waals surface area contributed by atoms with Crippen molar-refractivity contribution in [2.24, 2.45) is 5.92 Å². The van der Waals surface area contributed by atoms with Gasteiger partial charge in [-0.25, -0.2) is 0 Å². The van der Waals surface area contributed by atoms with Gasteiger partial charge in [0.25, 0.3) is 0 Å². The summed E-state index contributed by atoms with van der Waals surface area (Å²) in [5.74, 6) is 0.959. The molecule has 0 spiro atoms. The Balaban J connectivity index is 1.85. The Morgan fingerprint density at radius 3 is 2.24 bits per heavy atom. The molecule has 0 N–H and O–H groups in total. The van der Waals surface area contributed by atoms with Gasteiger partial charge in [-0.15, -0.1) is 0 Å². The van der Waals surface area contributed by atoms with Gasteiger partial charge < -0.3 is 23.8 Å². The van der Waals surface area contributed by atoms with Gasteiger partial charge in [-0.2, -0.15) is 0 Å². The summed E-state index contributed by atoms with van der Waals surface area (Å²) in [5, 5.41) is 0. The van der Waals surface area contributed by atoms with Crippen LogP contribution < -0.4 is 14.2 Å². The van der Waals surface area contributed by atoms with Crippen LogP contribution in [0.15, 0.2) is 42.5 Å². The summed E-state index contributed by atoms with van der Waals surface area (Å²) in [6, 6.07) is 13.0. The van der Waals surface area contributed by atoms with Gasteiger partial charge in [0.15, 0.2) is 11.5 Å². The van der Waals surface area contributed by atoms with Crippen LogP contribution in [-0.2, 0) is 20.7 Å². The van der Waals surface area contributed by atoms with Crippen molar-refractivity contribution in [3.05, 3.63) is 53.6 Å². The maximum atomic E-state index is 13.0. The van der Waals surface area contributed by atoms with E-state index in [9.17, 15) is 9.59 Å². The fourth-order valence-electron chi connectivity index (χ4n) is 4.30. The average Bonchev–Trinajstić information content (AvgIpc) is 3.13. The normalized spacial score (nSPS) is 17.9. The van der Waals surface area contributed by atoms with E-state index in [0.29, 0.717) is 24.5 Å². The molecule has 1 aliphatic rings. The molecule has 1 heterocycles. The first-order chi connectivity index (χ1) is 16.2. The number of amides is 1. The number of carbonyl (C=O) groups excluding carboxylic acids is 2. The molecule has 0 saturated carbocycles. The van der Waals surface area contributed by atoms with Crippen molar-refractivity contribution in [3.63, 3.8) is 0 Å². The van der Waals surface area contributed by atoms with Crippen LogP contribution in [0.4, 0.5) is 0 Å². The molecule has 1 aliphatic heterocycles. The van der Waals surface area contributed by atoms with E-state index in [4.69, 9.17) is 18.9 Å². The summed E-state index contributed by atoms with van der Waals surface area (Å²) in [5.41, 5.74) is 1.90. The predicted octanol–water partition coefficient (Wildman–Crippen LogP) is 4.57. The number of likely N-dealkylation sites (tertiary alicyclic amines) is 1. The molecule has 7 heteroatoms. The highest BCUT2D eigenvalue weighted by Gasteiger charge is 2.45. The Bertz CT molecular complexity index is 985. The molecule has 0 aliphatic carbocycles. The van der Waals surface area contributed by atoms with Crippen molar-refractivity contribution in [1.29, 1.82) is 0 Å². The molecular formula is C27H35NO6. The highest BCUT2D eigenvalue weighted by molar-refractivity contribution is 5.88. The minimum absolute atomic E-state index is 0.00977. The fourth-order valence-corrected chi connectivity index (χ4v) is 4.30. The number of esters is 1. The minimum Gasteiger partial charge on any atom is -0.493 e. The number of hydrogen-bond donors (Lipinski definition) is 0. The van der Waals surface area contributed by atoms with Crippen LogP contribution in [-0.4, -0.2) is 49.7 Å². The topological polar surface area (TPSA) is 74.3 Å². The van der Waals surface area contributed by atoms with E-state index >= 15 is 0 Å². The van der Waals surface area contributed by atoms with Gasteiger partial charge in [0.1, 0.15) is 5.75 Å². The van der Waals surface area contributed by atoms with Crippen LogP contribution in [0.25, 0.3) is 0 Å². The minimum atomic E-state index is -0.583. The third kappa shape index (κ3) is 6.01. The Labute approximate surface area is 201 Å². The lowest BCUT2D eigenvalue weighted by Crippen LogP contribution is -2.32. The molecule has 2 aromatic rings. The van der Waals surface area contributed by atoms with Crippen molar-refractivity contribution in [2.45, 2.75) is 58.8 Å². The molecule has 0 bridgehead atoms. The number of hydrogen-bond acceptors (Lipinski definition) is 6. The highest BCUT2D eigenvalue weighted by atomic mass is 16.5. The van der Waals surface area contributed by atoms with Crippen LogP contribution in [0.5, 0.6) is 17.2 Å². The van der Waals surface area contributed by atoms with Crippen LogP contribution >= 0.6 is 0 Å². The third-order valence-electron chi connectivity index (χ3n) is 5.76. The summed E-state index contributed by atoms with van der Waals surface area (Å²) in [6.45, 7) is 8.34. The van der Waals surface area contributed by atoms with Gasteiger partial charge in [0.05, 0.1) is 38.4 Å². The second kappa shape index (κ2) is 11.3. The van der Waals surface area contributed by atoms with Crippen molar-refractivity contribution in [3.8, 4) is 17.2 Å². The van der Waals surface area contributed by atoms with E-state index in [1.807, 2.05) is 70.2 Å². The molecule has 0 unspecified atom stereocenters. The van der Waals surface area contributed by atoms with Gasteiger partial charge >= 0.3 is 5.97 Å². The van der Waals surface area contributed by atoms with Crippen molar-refractivity contribution in [2.75, 3.05) is 20.8 Å². The van der Waals surface area contributed by atoms with Crippen molar-refractivity contribution in [1.82, 2.24) is 4.90 Å². The molecule has 1 saturated heterocycles. The molecule has 1 fully saturated rings. The zero-order chi connectivity index (χ0) is 24.8. The molecule has 184 valence electrons. The number of ether oxygens (including phenoxy) is 4. The summed E-state index contributed by atoms with van der Waals surface area (Å²) in [6.07, 6.45) is 0.873. The highest BCUT2D eigenvalue weighted by Crippen LogP contribution is 2.42. The Morgan fingerprint density at radius 1 is 0.971 bits per heavy atom. The zero-order valence-corrected chi connectivity index (χ0v) is 20.9. The standard InChI is InChI=1S/C27H35NO6/c1-17(2)33-21-10-7-19(8-11-21)13-14-28-25(29)16-22(27(30)32-6)26(28)20-9-12-23(34-18(3)4)24(15-20)31-5/h7-12,15,17-18,22,26H,13-14,16H2,1-6H3/t22-,26-/m1/s1. The summed E-state index contributed by atoms with van der Waals surface area (Å²) < 4.78 is 22.1. The number of rotatable bonds is 10. The molecule has 1 amide bonds. The Morgan fingerprint density at radius 2 is 1.65 bits per heavy atom. The molecule has 0 radical (unpaired) electrons. The van der Waals surface area contributed by atoms with E-state index in [2.05, 4.69) is 0 Å². The summed E-state index contributed by atoms with van der Waals surface area (Å²) in [7, 11) is 2.93. The maximum Gasteiger partial charge on any atom is 0.311 e. The maximum absolute atomic E-state index is 13.0. The number of nitrogens with zero attached hydrogens (tertiary/aromatic N) is 1. The van der Waals surface area contributed by atoms with Crippen LogP contribution in [0.3, 0.4) is 0 Å². The van der Waals surface area contributed by atoms with Crippen LogP contribution in [0.1, 0.15) is 51.3 Å². The van der Waals surface area contributed by atoms with Crippen molar-refractivity contribution < 1.29 is 28.5 Å². The molecule has 0 aromatic heterocycles. The first-order valence-electron chi connectivity index (χ1n) is 11.7. The quantitative estimate of drug-likeness (QED) is 0.475. The van der Waals surface area contributed by atoms with Crippen LogP contribution in [0.2, 0.25) is 0 Å². The number of methoxy groups -OCH3 is 2. The Hall–Kier alpha value is -3.22. The second-order valence-electron chi connectivity index (χ2n) is 9.00. The fraction of sp³-hybridized carbons (Fsp3) is 0.481. The lowest BCUT2D eigenvalue weighted by molar-refractivity contribution is -0.146. The zero-order valence-electron chi connectivity index (χ0n) is 20.9. The monoisotopic (exact) mass is 469 g/mol. The van der Waals surface area contributed by atoms with Gasteiger partial charge in [-0.05, 0) is 69.5 Å². The van der Waals surface area contributed by atoms with E-state index in [1.54, 1.807) is 12.0 Å². The largest absolute Gasteiger partial charge is 0.493 e. The van der Waals surface area contributed by atoms with E-state index < -0.39 is 17.9 Å². The second-order valence-corrected chi connectivity index (χ2v) is 9.00. The van der Waals surface area contributed by atoms with E-state index in [-0.39, 0.29) is 24.5 Å². The lowest BCUT2D eigenvalue weighted by atomic mass is 9.93. The summed E-state index contributed by atoms with van der Waals surface area (Å²) in [4.78, 5) is 27.4. The average molecular weight is 470 g/mol. The molecule has 2 atom stereocenters. The summed E-state index contributed by atoms with van der Waals surface area (Å²) >= 11 is 0. The SMILES string of the molecule is COC(=O)[C@@H]1CC(=O)N(CCc2ccc(OC(C)C)cc2)[C@@H]1c1ccc(OC(C)C)c(OC)c1. The van der Waals surface area contributed by atoms with Gasteiger partial charge in [-0.1, -0.05) is 18.2 Å².